The molecule has 1 aromatic heterocycles. The van der Waals surface area contributed by atoms with E-state index in [0.717, 1.165) is 17.8 Å². The van der Waals surface area contributed by atoms with Crippen molar-refractivity contribution in [2.24, 2.45) is 5.14 Å². The van der Waals surface area contributed by atoms with Crippen molar-refractivity contribution in [1.82, 2.24) is 9.97 Å². The van der Waals surface area contributed by atoms with Gasteiger partial charge in [-0.25, -0.2) is 18.5 Å². The summed E-state index contributed by atoms with van der Waals surface area (Å²) in [7, 11) is -3.75. The van der Waals surface area contributed by atoms with Gasteiger partial charge in [0.2, 0.25) is 10.0 Å². The number of aromatic amines is 1. The molecule has 1 aliphatic rings. The van der Waals surface area contributed by atoms with Gasteiger partial charge in [0.25, 0.3) is 0 Å². The third-order valence-corrected chi connectivity index (χ3v) is 5.77. The summed E-state index contributed by atoms with van der Waals surface area (Å²) in [6.07, 6.45) is 0.912. The van der Waals surface area contributed by atoms with Gasteiger partial charge in [0.05, 0.1) is 15.9 Å². The van der Waals surface area contributed by atoms with Crippen molar-refractivity contribution in [2.45, 2.75) is 11.3 Å². The summed E-state index contributed by atoms with van der Waals surface area (Å²) in [5, 5.41) is 5.23. The molecular weight excluding hydrogens is 346 g/mol. The second-order valence-electron chi connectivity index (χ2n) is 6.48. The molecule has 0 atom stereocenters. The normalized spacial score (nSPS) is 13.0. The highest BCUT2D eigenvalue weighted by atomic mass is 32.2. The number of imidazole rings is 1. The van der Waals surface area contributed by atoms with Gasteiger partial charge in [-0.1, -0.05) is 42.5 Å². The molecule has 128 valence electrons. The van der Waals surface area contributed by atoms with Crippen LogP contribution in [0.15, 0.2) is 65.6 Å². The number of hydrogen-bond donors (Lipinski definition) is 2. The zero-order valence-electron chi connectivity index (χ0n) is 13.7. The average Bonchev–Trinajstić information content (AvgIpc) is 3.21. The first-order valence-electron chi connectivity index (χ1n) is 8.24. The molecule has 0 saturated carbocycles. The Kier molecular flexibility index (Phi) is 3.10. The van der Waals surface area contributed by atoms with Crippen molar-refractivity contribution in [1.29, 1.82) is 0 Å². The smallest absolute Gasteiger partial charge is 0.238 e. The summed E-state index contributed by atoms with van der Waals surface area (Å²) in [6.45, 7) is 0. The molecule has 0 bridgehead atoms. The van der Waals surface area contributed by atoms with Gasteiger partial charge in [0.15, 0.2) is 0 Å². The summed E-state index contributed by atoms with van der Waals surface area (Å²) >= 11 is 0. The summed E-state index contributed by atoms with van der Waals surface area (Å²) in [6, 6.07) is 19.3. The molecule has 1 aliphatic carbocycles. The van der Waals surface area contributed by atoms with Crippen LogP contribution in [0, 0.1) is 0 Å². The third-order valence-electron chi connectivity index (χ3n) is 4.86. The highest BCUT2D eigenvalue weighted by molar-refractivity contribution is 7.89. The van der Waals surface area contributed by atoms with Crippen LogP contribution in [0.1, 0.15) is 11.1 Å². The number of nitrogens with one attached hydrogen (secondary N) is 1. The number of benzene rings is 3. The van der Waals surface area contributed by atoms with Crippen molar-refractivity contribution >= 4 is 21.1 Å². The molecule has 0 radical (unpaired) electrons. The molecule has 0 saturated heterocycles. The number of nitrogens with zero attached hydrogens (tertiary/aromatic N) is 1. The Morgan fingerprint density at radius 3 is 2.54 bits per heavy atom. The quantitative estimate of drug-likeness (QED) is 0.505. The lowest BCUT2D eigenvalue weighted by Gasteiger charge is -2.07. The Hall–Kier alpha value is -2.96. The van der Waals surface area contributed by atoms with Crippen LogP contribution in [0.4, 0.5) is 0 Å². The highest BCUT2D eigenvalue weighted by Gasteiger charge is 2.22. The number of H-pyrrole nitrogens is 1. The monoisotopic (exact) mass is 361 g/mol. The van der Waals surface area contributed by atoms with Crippen molar-refractivity contribution in [3.05, 3.63) is 71.8 Å². The van der Waals surface area contributed by atoms with Crippen LogP contribution >= 0.6 is 0 Å². The maximum absolute atomic E-state index is 11.6. The molecule has 1 heterocycles. The fourth-order valence-electron chi connectivity index (χ4n) is 3.68. The minimum absolute atomic E-state index is 0.0730. The van der Waals surface area contributed by atoms with Crippen molar-refractivity contribution in [3.8, 4) is 22.5 Å². The van der Waals surface area contributed by atoms with Gasteiger partial charge in [0, 0.05) is 5.56 Å². The Morgan fingerprint density at radius 1 is 0.923 bits per heavy atom. The van der Waals surface area contributed by atoms with Crippen LogP contribution < -0.4 is 5.14 Å². The number of sulfonamides is 1. The second-order valence-corrected chi connectivity index (χ2v) is 8.04. The van der Waals surface area contributed by atoms with Gasteiger partial charge in [0.1, 0.15) is 5.82 Å². The van der Waals surface area contributed by atoms with Gasteiger partial charge >= 0.3 is 0 Å². The third kappa shape index (κ3) is 2.27. The molecule has 4 aromatic rings. The van der Waals surface area contributed by atoms with Crippen LogP contribution in [0.2, 0.25) is 0 Å². The molecule has 3 aromatic carbocycles. The zero-order valence-corrected chi connectivity index (χ0v) is 14.5. The van der Waals surface area contributed by atoms with Crippen LogP contribution in [0.5, 0.6) is 0 Å². The maximum atomic E-state index is 11.6. The SMILES string of the molecule is NS(=O)(=O)c1ccc2nc(-c3cccc4c3-c3ccccc3C4)[nH]c2c1. The van der Waals surface area contributed by atoms with E-state index in [-0.39, 0.29) is 4.90 Å². The number of rotatable bonds is 2. The minimum atomic E-state index is -3.75. The Balaban J connectivity index is 1.72. The minimum Gasteiger partial charge on any atom is -0.338 e. The number of hydrogen-bond acceptors (Lipinski definition) is 3. The van der Waals surface area contributed by atoms with Gasteiger partial charge in [-0.05, 0) is 46.9 Å². The van der Waals surface area contributed by atoms with Crippen LogP contribution in [-0.2, 0) is 16.4 Å². The first kappa shape index (κ1) is 15.3. The van der Waals surface area contributed by atoms with Gasteiger partial charge < -0.3 is 4.98 Å². The van der Waals surface area contributed by atoms with Crippen molar-refractivity contribution < 1.29 is 8.42 Å². The van der Waals surface area contributed by atoms with Gasteiger partial charge in [-0.2, -0.15) is 0 Å². The van der Waals surface area contributed by atoms with Gasteiger partial charge in [-0.3, -0.25) is 0 Å². The molecule has 26 heavy (non-hydrogen) atoms. The number of nitrogens with two attached hydrogens (primary N) is 1. The van der Waals surface area contributed by atoms with Crippen molar-refractivity contribution in [3.63, 3.8) is 0 Å². The molecule has 5 rings (SSSR count). The molecule has 6 heteroatoms. The molecule has 3 N–H and O–H groups in total. The predicted molar refractivity (Wildman–Crippen MR) is 101 cm³/mol. The van der Waals surface area contributed by atoms with E-state index < -0.39 is 10.0 Å². The van der Waals surface area contributed by atoms with Crippen LogP contribution in [0.25, 0.3) is 33.5 Å². The van der Waals surface area contributed by atoms with E-state index in [1.807, 2.05) is 18.2 Å². The molecule has 0 spiro atoms. The molecule has 0 aliphatic heterocycles. The predicted octanol–water partition coefficient (Wildman–Crippen LogP) is 3.45. The van der Waals surface area contributed by atoms with Crippen LogP contribution in [-0.4, -0.2) is 18.4 Å². The van der Waals surface area contributed by atoms with E-state index in [1.54, 1.807) is 6.07 Å². The number of aromatic nitrogens is 2. The van der Waals surface area contributed by atoms with E-state index in [1.165, 1.54) is 34.4 Å². The zero-order chi connectivity index (χ0) is 17.9. The summed E-state index contributed by atoms with van der Waals surface area (Å²) in [5.74, 6) is 0.722. The Labute approximate surface area is 150 Å². The second kappa shape index (κ2) is 5.27. The van der Waals surface area contributed by atoms with Crippen molar-refractivity contribution in [2.75, 3.05) is 0 Å². The van der Waals surface area contributed by atoms with E-state index in [9.17, 15) is 8.42 Å². The largest absolute Gasteiger partial charge is 0.338 e. The van der Waals surface area contributed by atoms with E-state index >= 15 is 0 Å². The lowest BCUT2D eigenvalue weighted by atomic mass is 9.99. The lowest BCUT2D eigenvalue weighted by Crippen LogP contribution is -2.11. The topological polar surface area (TPSA) is 88.8 Å². The molecular formula is C20H15N3O2S. The summed E-state index contributed by atoms with van der Waals surface area (Å²) < 4.78 is 23.2. The Bertz CT molecular complexity index is 1290. The Morgan fingerprint density at radius 2 is 1.69 bits per heavy atom. The average molecular weight is 361 g/mol. The highest BCUT2D eigenvalue weighted by Crippen LogP contribution is 2.42. The van der Waals surface area contributed by atoms with Gasteiger partial charge in [-0.15, -0.1) is 0 Å². The fourth-order valence-corrected chi connectivity index (χ4v) is 4.22. The standard InChI is InChI=1S/C20H15N3O2S/c21-26(24,25)14-8-9-17-18(11-14)23-20(22-17)16-7-3-5-13-10-12-4-1-2-6-15(12)19(13)16/h1-9,11H,10H2,(H,22,23)(H2,21,24,25). The van der Waals surface area contributed by atoms with E-state index in [4.69, 9.17) is 5.14 Å². The van der Waals surface area contributed by atoms with E-state index in [0.29, 0.717) is 11.0 Å². The lowest BCUT2D eigenvalue weighted by molar-refractivity contribution is 0.598. The number of primary sulfonamides is 1. The molecule has 0 amide bonds. The first-order chi connectivity index (χ1) is 12.5. The van der Waals surface area contributed by atoms with E-state index in [2.05, 4.69) is 34.2 Å². The molecule has 0 fully saturated rings. The maximum Gasteiger partial charge on any atom is 0.238 e. The number of fused-ring (bicyclic) bond motifs is 4. The first-order valence-corrected chi connectivity index (χ1v) is 9.78. The summed E-state index contributed by atoms with van der Waals surface area (Å²) in [5.41, 5.74) is 7.36. The molecule has 0 unspecified atom stereocenters. The summed E-state index contributed by atoms with van der Waals surface area (Å²) in [4.78, 5) is 7.99. The molecule has 5 nitrogen and oxygen atoms in total. The van der Waals surface area contributed by atoms with Crippen LogP contribution in [0.3, 0.4) is 0 Å². The fraction of sp³-hybridized carbons (Fsp3) is 0.0500.